The molecule has 0 aliphatic carbocycles. The molecule has 270 valence electrons. The summed E-state index contributed by atoms with van der Waals surface area (Å²) in [5.41, 5.74) is 1.07. The van der Waals surface area contributed by atoms with Crippen LogP contribution >= 0.6 is 11.3 Å². The molecule has 49 heavy (non-hydrogen) atoms. The van der Waals surface area contributed by atoms with Crippen LogP contribution in [0.2, 0.25) is 0 Å². The number of nitrogens with one attached hydrogen (secondary N) is 2. The van der Waals surface area contributed by atoms with Gasteiger partial charge in [0.05, 0.1) is 12.0 Å². The number of phenolic OH excluding ortho intramolecular Hbond substituents is 1. The maximum absolute atomic E-state index is 14.1. The lowest BCUT2D eigenvalue weighted by atomic mass is 9.91. The normalized spacial score (nSPS) is 22.6. The van der Waals surface area contributed by atoms with Crippen molar-refractivity contribution in [2.45, 2.75) is 110 Å². The topological polar surface area (TPSA) is 161 Å². The monoisotopic (exact) mass is 699 g/mol. The number of rotatable bonds is 14. The molecule has 1 aromatic heterocycles. The number of nitrogens with zero attached hydrogens (tertiary/aromatic N) is 3. The minimum Gasteiger partial charge on any atom is -0.508 e. The second-order valence-electron chi connectivity index (χ2n) is 14.1. The van der Waals surface area contributed by atoms with E-state index in [1.54, 1.807) is 41.5 Å². The van der Waals surface area contributed by atoms with E-state index < -0.39 is 36.0 Å². The summed E-state index contributed by atoms with van der Waals surface area (Å²) in [5.74, 6) is -2.11. The number of aromatic hydroxyl groups is 1. The van der Waals surface area contributed by atoms with Gasteiger partial charge >= 0.3 is 5.97 Å². The van der Waals surface area contributed by atoms with Crippen molar-refractivity contribution in [3.05, 3.63) is 45.9 Å². The van der Waals surface area contributed by atoms with Gasteiger partial charge in [-0.05, 0) is 68.8 Å². The van der Waals surface area contributed by atoms with Gasteiger partial charge in [-0.1, -0.05) is 59.6 Å². The number of carbonyl (C=O) groups is 4. The Balaban J connectivity index is 1.44. The average molecular weight is 700 g/mol. The number of carbonyl (C=O) groups excluding carboxylic acids is 3. The lowest BCUT2D eigenvalue weighted by Crippen LogP contribution is -2.60. The minimum absolute atomic E-state index is 0.0430. The van der Waals surface area contributed by atoms with Crippen molar-refractivity contribution in [1.29, 1.82) is 0 Å². The van der Waals surface area contributed by atoms with Crippen LogP contribution in [0.25, 0.3) is 0 Å². The Kier molecular flexibility index (Phi) is 13.6. The molecule has 4 rings (SSSR count). The van der Waals surface area contributed by atoms with E-state index in [9.17, 15) is 29.4 Å². The highest BCUT2D eigenvalue weighted by atomic mass is 32.1. The molecule has 3 heterocycles. The summed E-state index contributed by atoms with van der Waals surface area (Å²) >= 11 is 1.31. The van der Waals surface area contributed by atoms with Gasteiger partial charge in [0.25, 0.3) is 5.91 Å². The Labute approximate surface area is 293 Å². The van der Waals surface area contributed by atoms with Crippen molar-refractivity contribution in [3.8, 4) is 5.75 Å². The number of phenols is 1. The molecule has 3 amide bonds. The molecule has 13 heteroatoms. The predicted octanol–water partition coefficient (Wildman–Crippen LogP) is 4.59. The number of piperidine rings is 1. The molecule has 7 atom stereocenters. The zero-order valence-corrected chi connectivity index (χ0v) is 30.4. The fourth-order valence-electron chi connectivity index (χ4n) is 6.67. The number of likely N-dealkylation sites (tertiary alicyclic amines) is 1. The van der Waals surface area contributed by atoms with Crippen LogP contribution in [0.3, 0.4) is 0 Å². The van der Waals surface area contributed by atoms with Crippen molar-refractivity contribution in [1.82, 2.24) is 25.4 Å². The van der Waals surface area contributed by atoms with E-state index in [0.717, 1.165) is 37.8 Å². The Hall–Kier alpha value is -3.55. The maximum atomic E-state index is 14.1. The molecule has 0 bridgehead atoms. The van der Waals surface area contributed by atoms with Gasteiger partial charge in [-0.15, -0.1) is 11.3 Å². The summed E-state index contributed by atoms with van der Waals surface area (Å²) in [4.78, 5) is 60.9. The summed E-state index contributed by atoms with van der Waals surface area (Å²) in [6.45, 7) is 10.6. The molecule has 2 aromatic rings. The fourth-order valence-corrected chi connectivity index (χ4v) is 7.53. The summed E-state index contributed by atoms with van der Waals surface area (Å²) in [6.07, 6.45) is 4.25. The number of ether oxygens (including phenoxy) is 1. The first-order valence-corrected chi connectivity index (χ1v) is 18.4. The van der Waals surface area contributed by atoms with Gasteiger partial charge in [0, 0.05) is 23.9 Å². The van der Waals surface area contributed by atoms with Gasteiger partial charge in [0.15, 0.2) is 0 Å². The van der Waals surface area contributed by atoms with E-state index in [2.05, 4.69) is 34.4 Å². The van der Waals surface area contributed by atoms with Gasteiger partial charge in [-0.2, -0.15) is 0 Å². The first-order valence-electron chi connectivity index (χ1n) is 17.5. The third-order valence-corrected chi connectivity index (χ3v) is 11.0. The number of likely N-dealkylation sites (N-methyl/N-ethyl adjacent to an activating group) is 1. The summed E-state index contributed by atoms with van der Waals surface area (Å²) in [6, 6.07) is 5.06. The van der Waals surface area contributed by atoms with E-state index in [1.807, 2.05) is 20.9 Å². The van der Waals surface area contributed by atoms with Gasteiger partial charge in [0.2, 0.25) is 11.8 Å². The first-order chi connectivity index (χ1) is 23.3. The van der Waals surface area contributed by atoms with Crippen LogP contribution in [0.1, 0.15) is 100 Å². The van der Waals surface area contributed by atoms with Gasteiger partial charge < -0.3 is 30.5 Å². The number of aromatic nitrogens is 1. The lowest BCUT2D eigenvalue weighted by molar-refractivity contribution is -0.162. The van der Waals surface area contributed by atoms with E-state index in [-0.39, 0.29) is 60.3 Å². The second kappa shape index (κ2) is 17.4. The average Bonchev–Trinajstić information content (AvgIpc) is 3.58. The molecular formula is C36H53N5O7S. The Morgan fingerprint density at radius 2 is 1.80 bits per heavy atom. The highest BCUT2D eigenvalue weighted by Gasteiger charge is 2.41. The number of hydrogen-bond acceptors (Lipinski definition) is 9. The van der Waals surface area contributed by atoms with Crippen molar-refractivity contribution in [3.63, 3.8) is 0 Å². The Bertz CT molecular complexity index is 1430. The van der Waals surface area contributed by atoms with Crippen LogP contribution in [0, 0.1) is 17.8 Å². The number of thiazole rings is 1. The smallest absolute Gasteiger partial charge is 0.306 e. The van der Waals surface area contributed by atoms with Crippen LogP contribution in [0.4, 0.5) is 0 Å². The molecular weight excluding hydrogens is 646 g/mol. The number of carboxylic acids is 1. The molecule has 0 radical (unpaired) electrons. The molecule has 7 unspecified atom stereocenters. The van der Waals surface area contributed by atoms with Gasteiger partial charge in [-0.25, -0.2) is 4.98 Å². The minimum atomic E-state index is -0.947. The zero-order valence-electron chi connectivity index (χ0n) is 29.6. The third kappa shape index (κ3) is 10.0. The lowest BCUT2D eigenvalue weighted by Gasteiger charge is -2.43. The maximum Gasteiger partial charge on any atom is 0.306 e. The van der Waals surface area contributed by atoms with E-state index in [1.165, 1.54) is 11.3 Å². The van der Waals surface area contributed by atoms with Crippen LogP contribution in [-0.2, 0) is 25.5 Å². The summed E-state index contributed by atoms with van der Waals surface area (Å²) in [7, 11) is 1.96. The Morgan fingerprint density at radius 3 is 2.43 bits per heavy atom. The molecule has 2 fully saturated rings. The number of carboxylic acid groups (broad SMARTS) is 1. The Morgan fingerprint density at radius 1 is 1.08 bits per heavy atom. The highest BCUT2D eigenvalue weighted by Crippen LogP contribution is 2.35. The molecule has 2 aliphatic rings. The number of benzene rings is 1. The predicted molar refractivity (Wildman–Crippen MR) is 187 cm³/mol. The summed E-state index contributed by atoms with van der Waals surface area (Å²) < 4.78 is 6.24. The van der Waals surface area contributed by atoms with Crippen LogP contribution < -0.4 is 10.6 Å². The summed E-state index contributed by atoms with van der Waals surface area (Å²) in [5, 5.41) is 27.5. The second-order valence-corrected chi connectivity index (χ2v) is 15.0. The van der Waals surface area contributed by atoms with E-state index >= 15 is 0 Å². The quantitative estimate of drug-likeness (QED) is 0.221. The van der Waals surface area contributed by atoms with E-state index in [4.69, 9.17) is 4.74 Å². The number of hydrogen-bond donors (Lipinski definition) is 4. The molecule has 1 aromatic carbocycles. The van der Waals surface area contributed by atoms with Crippen LogP contribution in [0.15, 0.2) is 29.6 Å². The van der Waals surface area contributed by atoms with Crippen molar-refractivity contribution >= 4 is 35.0 Å². The number of aliphatic carboxylic acids is 1. The fraction of sp³-hybridized carbons (Fsp3) is 0.639. The van der Waals surface area contributed by atoms with Crippen molar-refractivity contribution in [2.24, 2.45) is 17.8 Å². The molecule has 4 N–H and O–H groups in total. The first kappa shape index (κ1) is 38.3. The van der Waals surface area contributed by atoms with Crippen LogP contribution in [-0.4, -0.2) is 93.2 Å². The van der Waals surface area contributed by atoms with E-state index in [0.29, 0.717) is 17.8 Å². The third-order valence-electron chi connectivity index (χ3n) is 10.0. The highest BCUT2D eigenvalue weighted by molar-refractivity contribution is 7.09. The number of amides is 3. The largest absolute Gasteiger partial charge is 0.508 e. The molecule has 2 saturated heterocycles. The SMILES string of the molecule is CCC(C)C(NC(=O)C1CCCCN1C)C(=O)N1COC(c2nc(C(=O)NC(Cc3ccc(O)cc3)CC(C)C(=O)O)cs2)CC1C(C)C. The molecule has 0 saturated carbocycles. The molecule has 0 spiro atoms. The van der Waals surface area contributed by atoms with Gasteiger partial charge in [-0.3, -0.25) is 24.1 Å². The standard InChI is InChI=1S/C36H53N5O7S/c1-7-22(4)31(39-33(44)28-10-8-9-15-40(28)6)35(45)41-20-48-30(18-29(41)21(2)3)34-38-27(19-49-34)32(43)37-25(16-23(5)36(46)47)17-24-11-13-26(42)14-12-24/h11-14,19,21-23,25,28-31,42H,7-10,15-18,20H2,1-6H3,(H,37,43)(H,39,44)(H,46,47). The van der Waals surface area contributed by atoms with Crippen molar-refractivity contribution < 1.29 is 34.1 Å². The zero-order chi connectivity index (χ0) is 35.8. The molecule has 12 nitrogen and oxygen atoms in total. The van der Waals surface area contributed by atoms with Crippen molar-refractivity contribution in [2.75, 3.05) is 20.3 Å². The van der Waals surface area contributed by atoms with Crippen LogP contribution in [0.5, 0.6) is 5.75 Å². The molecule has 2 aliphatic heterocycles. The van der Waals surface area contributed by atoms with Gasteiger partial charge in [0.1, 0.15) is 35.3 Å².